The summed E-state index contributed by atoms with van der Waals surface area (Å²) < 4.78 is 0. The van der Waals surface area contributed by atoms with Crippen LogP contribution in [0.25, 0.3) is 0 Å². The van der Waals surface area contributed by atoms with E-state index in [4.69, 9.17) is 11.5 Å². The number of carbonyl (C=O) groups is 1. The molecule has 1 aliphatic carbocycles. The number of ketones is 1. The van der Waals surface area contributed by atoms with Crippen LogP contribution < -0.4 is 11.5 Å². The van der Waals surface area contributed by atoms with E-state index in [2.05, 4.69) is 4.98 Å². The van der Waals surface area contributed by atoms with E-state index in [-0.39, 0.29) is 17.7 Å². The third-order valence-corrected chi connectivity index (χ3v) is 3.52. The third kappa shape index (κ3) is 2.82. The Morgan fingerprint density at radius 2 is 2.18 bits per heavy atom. The average molecular weight is 233 g/mol. The monoisotopic (exact) mass is 233 g/mol. The van der Waals surface area contributed by atoms with E-state index in [0.717, 1.165) is 31.2 Å². The topological polar surface area (TPSA) is 82.0 Å². The molecule has 92 valence electrons. The predicted octanol–water partition coefficient (Wildman–Crippen LogP) is 1.29. The minimum atomic E-state index is 0.00311. The highest BCUT2D eigenvalue weighted by Gasteiger charge is 2.28. The molecule has 4 heteroatoms. The van der Waals surface area contributed by atoms with Crippen LogP contribution in [0.15, 0.2) is 18.3 Å². The first-order valence-corrected chi connectivity index (χ1v) is 6.16. The van der Waals surface area contributed by atoms with E-state index in [1.165, 1.54) is 0 Å². The molecule has 0 saturated heterocycles. The van der Waals surface area contributed by atoms with Gasteiger partial charge in [0, 0.05) is 30.1 Å². The van der Waals surface area contributed by atoms with E-state index in [9.17, 15) is 4.79 Å². The predicted molar refractivity (Wildman–Crippen MR) is 67.3 cm³/mol. The number of hydrogen-bond donors (Lipinski definition) is 2. The van der Waals surface area contributed by atoms with Gasteiger partial charge in [0.25, 0.3) is 0 Å². The van der Waals surface area contributed by atoms with E-state index < -0.39 is 0 Å². The Balaban J connectivity index is 2.03. The van der Waals surface area contributed by atoms with Gasteiger partial charge in [-0.2, -0.15) is 0 Å². The molecule has 1 saturated carbocycles. The van der Waals surface area contributed by atoms with Crippen LogP contribution >= 0.6 is 0 Å². The van der Waals surface area contributed by atoms with Crippen molar-refractivity contribution in [3.05, 3.63) is 23.9 Å². The molecule has 0 aromatic carbocycles. The fraction of sp³-hybridized carbons (Fsp3) is 0.538. The number of hydrogen-bond acceptors (Lipinski definition) is 4. The Kier molecular flexibility index (Phi) is 3.74. The van der Waals surface area contributed by atoms with Gasteiger partial charge < -0.3 is 11.5 Å². The number of nitrogens with zero attached hydrogens (tertiary/aromatic N) is 1. The Hall–Kier alpha value is -1.42. The summed E-state index contributed by atoms with van der Waals surface area (Å²) in [6.45, 7) is 0. The van der Waals surface area contributed by atoms with E-state index in [0.29, 0.717) is 12.2 Å². The number of carbonyl (C=O) groups excluding carboxylic acids is 1. The second-order valence-electron chi connectivity index (χ2n) is 4.75. The molecular weight excluding hydrogens is 214 g/mol. The summed E-state index contributed by atoms with van der Waals surface area (Å²) in [6, 6.07) is 3.68. The van der Waals surface area contributed by atoms with Crippen LogP contribution in [0.4, 0.5) is 5.82 Å². The quantitative estimate of drug-likeness (QED) is 0.824. The maximum Gasteiger partial charge on any atom is 0.142 e. The van der Waals surface area contributed by atoms with E-state index in [1.54, 1.807) is 12.3 Å². The highest BCUT2D eigenvalue weighted by Crippen LogP contribution is 2.25. The van der Waals surface area contributed by atoms with Crippen LogP contribution in [0.1, 0.15) is 31.2 Å². The molecule has 1 aliphatic rings. The second-order valence-corrected chi connectivity index (χ2v) is 4.75. The minimum Gasteiger partial charge on any atom is -0.383 e. The molecule has 2 atom stereocenters. The first-order valence-electron chi connectivity index (χ1n) is 6.16. The molecule has 1 fully saturated rings. The summed E-state index contributed by atoms with van der Waals surface area (Å²) in [5.74, 6) is 0.658. The van der Waals surface area contributed by atoms with Gasteiger partial charge in [0.05, 0.1) is 0 Å². The van der Waals surface area contributed by atoms with Crippen LogP contribution in [-0.2, 0) is 11.2 Å². The number of nitrogen functional groups attached to an aromatic ring is 1. The number of Topliss-reactive ketones (excluding diaryl/α,β-unsaturated/α-hetero) is 1. The van der Waals surface area contributed by atoms with Crippen LogP contribution in [0.3, 0.4) is 0 Å². The number of rotatable bonds is 3. The standard InChI is InChI=1S/C13H19N3O/c14-11-6-2-1-5-10(11)12(17)8-9-4-3-7-16-13(9)15/h3-4,7,10-11H,1-2,5-6,8,14H2,(H2,15,16). The summed E-state index contributed by atoms with van der Waals surface area (Å²) in [4.78, 5) is 16.2. The molecule has 1 heterocycles. The number of pyridine rings is 1. The first kappa shape index (κ1) is 12.0. The molecule has 4 N–H and O–H groups in total. The molecule has 2 rings (SSSR count). The second kappa shape index (κ2) is 5.27. The molecule has 1 aromatic heterocycles. The van der Waals surface area contributed by atoms with Crippen LogP contribution in [0.2, 0.25) is 0 Å². The van der Waals surface area contributed by atoms with Gasteiger partial charge in [0.2, 0.25) is 0 Å². The van der Waals surface area contributed by atoms with Gasteiger partial charge in [-0.25, -0.2) is 4.98 Å². The van der Waals surface area contributed by atoms with Gasteiger partial charge >= 0.3 is 0 Å². The SMILES string of the molecule is Nc1ncccc1CC(=O)C1CCCCC1N. The smallest absolute Gasteiger partial charge is 0.142 e. The molecule has 0 radical (unpaired) electrons. The van der Waals surface area contributed by atoms with Crippen molar-refractivity contribution >= 4 is 11.6 Å². The highest BCUT2D eigenvalue weighted by molar-refractivity contribution is 5.84. The van der Waals surface area contributed by atoms with E-state index in [1.807, 2.05) is 6.07 Å². The summed E-state index contributed by atoms with van der Waals surface area (Å²) in [7, 11) is 0. The molecule has 17 heavy (non-hydrogen) atoms. The maximum absolute atomic E-state index is 12.2. The molecule has 2 unspecified atom stereocenters. The van der Waals surface area contributed by atoms with Gasteiger partial charge in [-0.3, -0.25) is 4.79 Å². The van der Waals surface area contributed by atoms with Gasteiger partial charge in [0.1, 0.15) is 11.6 Å². The lowest BCUT2D eigenvalue weighted by molar-refractivity contribution is -0.123. The van der Waals surface area contributed by atoms with Crippen molar-refractivity contribution in [3.8, 4) is 0 Å². The Bertz CT molecular complexity index is 405. The molecule has 0 amide bonds. The average Bonchev–Trinajstić information content (AvgIpc) is 2.32. The van der Waals surface area contributed by atoms with Crippen molar-refractivity contribution in [1.82, 2.24) is 4.98 Å². The van der Waals surface area contributed by atoms with E-state index >= 15 is 0 Å². The first-order chi connectivity index (χ1) is 8.18. The Labute approximate surface area is 101 Å². The van der Waals surface area contributed by atoms with Crippen molar-refractivity contribution in [2.24, 2.45) is 11.7 Å². The molecule has 0 bridgehead atoms. The van der Waals surface area contributed by atoms with Crippen molar-refractivity contribution in [2.75, 3.05) is 5.73 Å². The van der Waals surface area contributed by atoms with Crippen LogP contribution in [0.5, 0.6) is 0 Å². The molecule has 0 aliphatic heterocycles. The molecule has 4 nitrogen and oxygen atoms in total. The number of nitrogens with two attached hydrogens (primary N) is 2. The molecule has 0 spiro atoms. The maximum atomic E-state index is 12.2. The van der Waals surface area contributed by atoms with Gasteiger partial charge in [0.15, 0.2) is 0 Å². The third-order valence-electron chi connectivity index (χ3n) is 3.52. The Morgan fingerprint density at radius 1 is 1.41 bits per heavy atom. The minimum absolute atomic E-state index is 0.00311. The van der Waals surface area contributed by atoms with Gasteiger partial charge in [-0.05, 0) is 18.9 Å². The largest absolute Gasteiger partial charge is 0.383 e. The van der Waals surface area contributed by atoms with Crippen LogP contribution in [0, 0.1) is 5.92 Å². The number of aromatic nitrogens is 1. The Morgan fingerprint density at radius 3 is 2.88 bits per heavy atom. The lowest BCUT2D eigenvalue weighted by Gasteiger charge is -2.27. The molecular formula is C13H19N3O. The van der Waals surface area contributed by atoms with Crippen molar-refractivity contribution in [2.45, 2.75) is 38.1 Å². The fourth-order valence-electron chi connectivity index (χ4n) is 2.48. The van der Waals surface area contributed by atoms with Crippen molar-refractivity contribution < 1.29 is 4.79 Å². The van der Waals surface area contributed by atoms with Gasteiger partial charge in [-0.15, -0.1) is 0 Å². The fourth-order valence-corrected chi connectivity index (χ4v) is 2.48. The summed E-state index contributed by atoms with van der Waals surface area (Å²) in [6.07, 6.45) is 6.11. The summed E-state index contributed by atoms with van der Waals surface area (Å²) in [5, 5.41) is 0. The zero-order valence-corrected chi connectivity index (χ0v) is 9.93. The normalized spacial score (nSPS) is 24.5. The van der Waals surface area contributed by atoms with Gasteiger partial charge in [-0.1, -0.05) is 18.9 Å². The van der Waals surface area contributed by atoms with Crippen molar-refractivity contribution in [3.63, 3.8) is 0 Å². The summed E-state index contributed by atoms with van der Waals surface area (Å²) >= 11 is 0. The zero-order chi connectivity index (χ0) is 12.3. The van der Waals surface area contributed by atoms with Crippen LogP contribution in [-0.4, -0.2) is 16.8 Å². The summed E-state index contributed by atoms with van der Waals surface area (Å²) in [5.41, 5.74) is 12.6. The lowest BCUT2D eigenvalue weighted by atomic mass is 9.81. The van der Waals surface area contributed by atoms with Crippen molar-refractivity contribution in [1.29, 1.82) is 0 Å². The number of anilines is 1. The highest BCUT2D eigenvalue weighted by atomic mass is 16.1. The molecule has 1 aromatic rings. The lowest BCUT2D eigenvalue weighted by Crippen LogP contribution is -2.38. The zero-order valence-electron chi connectivity index (χ0n) is 9.93.